The molecule has 4 heteroatoms. The van der Waals surface area contributed by atoms with Gasteiger partial charge >= 0.3 is 0 Å². The maximum atomic E-state index is 13.3. The molecule has 1 aliphatic rings. The number of hydrogen-bond acceptors (Lipinski definition) is 2. The highest BCUT2D eigenvalue weighted by Gasteiger charge is 2.22. The van der Waals surface area contributed by atoms with Gasteiger partial charge in [0.25, 0.3) is 5.91 Å². The van der Waals surface area contributed by atoms with Gasteiger partial charge in [0.2, 0.25) is 0 Å². The van der Waals surface area contributed by atoms with E-state index in [1.54, 1.807) is 19.1 Å². The fourth-order valence-corrected chi connectivity index (χ4v) is 2.91. The monoisotopic (exact) mass is 312 g/mol. The Hall–Kier alpha value is -2.20. The van der Waals surface area contributed by atoms with Crippen molar-refractivity contribution >= 4 is 5.91 Å². The van der Waals surface area contributed by atoms with Gasteiger partial charge in [-0.3, -0.25) is 9.69 Å². The van der Waals surface area contributed by atoms with Crippen LogP contribution in [0.2, 0.25) is 0 Å². The van der Waals surface area contributed by atoms with E-state index in [9.17, 15) is 9.18 Å². The van der Waals surface area contributed by atoms with Crippen LogP contribution in [0, 0.1) is 12.7 Å². The second-order valence-corrected chi connectivity index (χ2v) is 6.02. The van der Waals surface area contributed by atoms with E-state index in [4.69, 9.17) is 0 Å². The highest BCUT2D eigenvalue weighted by atomic mass is 19.1. The number of piperazine rings is 1. The molecule has 1 heterocycles. The molecule has 2 aromatic carbocycles. The lowest BCUT2D eigenvalue weighted by Crippen LogP contribution is -2.48. The van der Waals surface area contributed by atoms with Crippen LogP contribution in [0.3, 0.4) is 0 Å². The first-order valence-corrected chi connectivity index (χ1v) is 7.95. The maximum Gasteiger partial charge on any atom is 0.253 e. The molecule has 0 radical (unpaired) electrons. The first kappa shape index (κ1) is 15.7. The van der Waals surface area contributed by atoms with Crippen LogP contribution in [0.15, 0.2) is 48.5 Å². The van der Waals surface area contributed by atoms with E-state index < -0.39 is 0 Å². The van der Waals surface area contributed by atoms with Gasteiger partial charge in [-0.1, -0.05) is 30.3 Å². The van der Waals surface area contributed by atoms with E-state index >= 15 is 0 Å². The normalized spacial score (nSPS) is 15.7. The molecule has 23 heavy (non-hydrogen) atoms. The maximum absolute atomic E-state index is 13.3. The van der Waals surface area contributed by atoms with Crippen molar-refractivity contribution in [1.29, 1.82) is 0 Å². The van der Waals surface area contributed by atoms with Gasteiger partial charge in [0.15, 0.2) is 0 Å². The molecule has 0 N–H and O–H groups in total. The van der Waals surface area contributed by atoms with Crippen molar-refractivity contribution in [2.75, 3.05) is 26.2 Å². The molecule has 1 amide bonds. The topological polar surface area (TPSA) is 23.6 Å². The van der Waals surface area contributed by atoms with Gasteiger partial charge in [-0.05, 0) is 36.2 Å². The highest BCUT2D eigenvalue weighted by molar-refractivity contribution is 5.94. The summed E-state index contributed by atoms with van der Waals surface area (Å²) in [6.45, 7) is 5.74. The molecular weight excluding hydrogens is 291 g/mol. The third-order valence-electron chi connectivity index (χ3n) is 4.31. The van der Waals surface area contributed by atoms with E-state index in [1.165, 1.54) is 11.6 Å². The summed E-state index contributed by atoms with van der Waals surface area (Å²) < 4.78 is 13.3. The van der Waals surface area contributed by atoms with Crippen molar-refractivity contribution in [3.8, 4) is 0 Å². The number of amides is 1. The molecule has 2 aromatic rings. The lowest BCUT2D eigenvalue weighted by Gasteiger charge is -2.34. The number of benzene rings is 2. The summed E-state index contributed by atoms with van der Waals surface area (Å²) in [7, 11) is 0. The third-order valence-corrected chi connectivity index (χ3v) is 4.31. The minimum absolute atomic E-state index is 0.00698. The van der Waals surface area contributed by atoms with Crippen molar-refractivity contribution in [3.63, 3.8) is 0 Å². The number of carbonyl (C=O) groups is 1. The molecule has 1 aliphatic heterocycles. The van der Waals surface area contributed by atoms with E-state index in [0.717, 1.165) is 19.6 Å². The lowest BCUT2D eigenvalue weighted by atomic mass is 10.1. The van der Waals surface area contributed by atoms with E-state index in [-0.39, 0.29) is 11.7 Å². The summed E-state index contributed by atoms with van der Waals surface area (Å²) in [6, 6.07) is 14.9. The van der Waals surface area contributed by atoms with Crippen LogP contribution >= 0.6 is 0 Å². The number of carbonyl (C=O) groups excluding carboxylic acids is 1. The zero-order valence-corrected chi connectivity index (χ0v) is 13.3. The van der Waals surface area contributed by atoms with Crippen molar-refractivity contribution in [1.82, 2.24) is 9.80 Å². The van der Waals surface area contributed by atoms with Gasteiger partial charge in [-0.2, -0.15) is 0 Å². The van der Waals surface area contributed by atoms with Crippen LogP contribution in [0.4, 0.5) is 4.39 Å². The largest absolute Gasteiger partial charge is 0.336 e. The van der Waals surface area contributed by atoms with E-state index in [0.29, 0.717) is 24.2 Å². The molecule has 0 aliphatic carbocycles. The van der Waals surface area contributed by atoms with Gasteiger partial charge in [-0.15, -0.1) is 0 Å². The lowest BCUT2D eigenvalue weighted by molar-refractivity contribution is 0.0628. The summed E-state index contributed by atoms with van der Waals surface area (Å²) in [5, 5.41) is 0. The van der Waals surface area contributed by atoms with Gasteiger partial charge in [0.05, 0.1) is 0 Å². The minimum atomic E-state index is -0.269. The zero-order chi connectivity index (χ0) is 16.2. The molecule has 0 atom stereocenters. The Morgan fingerprint density at radius 1 is 1.04 bits per heavy atom. The van der Waals surface area contributed by atoms with Crippen molar-refractivity contribution < 1.29 is 9.18 Å². The molecule has 120 valence electrons. The van der Waals surface area contributed by atoms with Gasteiger partial charge in [0.1, 0.15) is 5.82 Å². The quantitative estimate of drug-likeness (QED) is 0.869. The summed E-state index contributed by atoms with van der Waals surface area (Å²) in [5.74, 6) is -0.276. The predicted molar refractivity (Wildman–Crippen MR) is 88.8 cm³/mol. The Morgan fingerprint density at radius 3 is 2.39 bits per heavy atom. The second-order valence-electron chi connectivity index (χ2n) is 6.02. The molecule has 0 bridgehead atoms. The van der Waals surface area contributed by atoms with Crippen LogP contribution in [-0.2, 0) is 6.54 Å². The Morgan fingerprint density at radius 2 is 1.74 bits per heavy atom. The summed E-state index contributed by atoms with van der Waals surface area (Å²) in [6.07, 6.45) is 0. The number of aryl methyl sites for hydroxylation is 1. The average molecular weight is 312 g/mol. The molecule has 3 nitrogen and oxygen atoms in total. The summed E-state index contributed by atoms with van der Waals surface area (Å²) in [5.41, 5.74) is 2.38. The van der Waals surface area contributed by atoms with E-state index in [2.05, 4.69) is 17.0 Å². The molecule has 3 rings (SSSR count). The van der Waals surface area contributed by atoms with Crippen molar-refractivity contribution in [3.05, 3.63) is 71.0 Å². The number of hydrogen-bond donors (Lipinski definition) is 0. The Kier molecular flexibility index (Phi) is 4.72. The van der Waals surface area contributed by atoms with Gasteiger partial charge < -0.3 is 4.90 Å². The number of nitrogens with zero attached hydrogens (tertiary/aromatic N) is 2. The molecule has 1 fully saturated rings. The predicted octanol–water partition coefficient (Wildman–Crippen LogP) is 3.09. The average Bonchev–Trinajstić information content (AvgIpc) is 2.58. The van der Waals surface area contributed by atoms with Crippen LogP contribution in [0.5, 0.6) is 0 Å². The SMILES string of the molecule is Cc1cc(C(=O)N2CCN(Cc3ccccc3)CC2)ccc1F. The van der Waals surface area contributed by atoms with Crippen LogP contribution in [-0.4, -0.2) is 41.9 Å². The smallest absolute Gasteiger partial charge is 0.253 e. The molecule has 0 saturated carbocycles. The molecule has 0 aromatic heterocycles. The molecule has 0 spiro atoms. The van der Waals surface area contributed by atoms with Crippen LogP contribution in [0.25, 0.3) is 0 Å². The number of rotatable bonds is 3. The molecule has 0 unspecified atom stereocenters. The summed E-state index contributed by atoms with van der Waals surface area (Å²) >= 11 is 0. The Balaban J connectivity index is 1.58. The fourth-order valence-electron chi connectivity index (χ4n) is 2.91. The van der Waals surface area contributed by atoms with Gasteiger partial charge in [0, 0.05) is 38.3 Å². The molecular formula is C19H21FN2O. The fraction of sp³-hybridized carbons (Fsp3) is 0.316. The Bertz CT molecular complexity index is 679. The third kappa shape index (κ3) is 3.77. The zero-order valence-electron chi connectivity index (χ0n) is 13.3. The minimum Gasteiger partial charge on any atom is -0.336 e. The molecule has 1 saturated heterocycles. The second kappa shape index (κ2) is 6.92. The van der Waals surface area contributed by atoms with Gasteiger partial charge in [-0.25, -0.2) is 4.39 Å². The first-order valence-electron chi connectivity index (χ1n) is 7.95. The summed E-state index contributed by atoms with van der Waals surface area (Å²) in [4.78, 5) is 16.7. The van der Waals surface area contributed by atoms with Crippen LogP contribution in [0.1, 0.15) is 21.5 Å². The van der Waals surface area contributed by atoms with Crippen molar-refractivity contribution in [2.24, 2.45) is 0 Å². The highest BCUT2D eigenvalue weighted by Crippen LogP contribution is 2.14. The Labute approximate surface area is 136 Å². The number of halogens is 1. The standard InChI is InChI=1S/C19H21FN2O/c1-15-13-17(7-8-18(15)20)19(23)22-11-9-21(10-12-22)14-16-5-3-2-4-6-16/h2-8,13H,9-12,14H2,1H3. The van der Waals surface area contributed by atoms with Crippen LogP contribution < -0.4 is 0 Å². The first-order chi connectivity index (χ1) is 11.1. The van der Waals surface area contributed by atoms with Crippen molar-refractivity contribution in [2.45, 2.75) is 13.5 Å². The van der Waals surface area contributed by atoms with E-state index in [1.807, 2.05) is 23.1 Å².